The molecule has 0 amide bonds. The van der Waals surface area contributed by atoms with Gasteiger partial charge in [-0.1, -0.05) is 6.08 Å². The Balaban J connectivity index is 1.78. The Labute approximate surface area is 116 Å². The van der Waals surface area contributed by atoms with Gasteiger partial charge in [0.2, 0.25) is 10.0 Å². The molecule has 2 heterocycles. The number of nitrogens with zero attached hydrogens (tertiary/aromatic N) is 2. The first kappa shape index (κ1) is 13.6. The van der Waals surface area contributed by atoms with Gasteiger partial charge in [0.25, 0.3) is 0 Å². The Morgan fingerprint density at radius 1 is 1.21 bits per heavy atom. The highest BCUT2D eigenvalue weighted by atomic mass is 32.2. The van der Waals surface area contributed by atoms with E-state index in [0.717, 1.165) is 51.7 Å². The van der Waals surface area contributed by atoms with Crippen LogP contribution in [-0.2, 0) is 10.0 Å². The van der Waals surface area contributed by atoms with E-state index in [9.17, 15) is 8.42 Å². The van der Waals surface area contributed by atoms with Crippen LogP contribution < -0.4 is 0 Å². The molecular formula is C14H24N2O2S. The first-order valence-corrected chi connectivity index (χ1v) is 8.94. The molecule has 3 fully saturated rings. The van der Waals surface area contributed by atoms with Crippen LogP contribution in [0.1, 0.15) is 38.5 Å². The lowest BCUT2D eigenvalue weighted by atomic mass is 9.87. The minimum absolute atomic E-state index is 0.0723. The molecular weight excluding hydrogens is 260 g/mol. The highest BCUT2D eigenvalue weighted by molar-refractivity contribution is 7.90. The van der Waals surface area contributed by atoms with Crippen molar-refractivity contribution in [3.8, 4) is 0 Å². The number of sulfonamides is 1. The molecule has 1 unspecified atom stereocenters. The van der Waals surface area contributed by atoms with Gasteiger partial charge in [0, 0.05) is 25.2 Å². The van der Waals surface area contributed by atoms with Crippen molar-refractivity contribution in [2.45, 2.75) is 49.3 Å². The molecule has 1 spiro atoms. The van der Waals surface area contributed by atoms with Crippen molar-refractivity contribution in [1.29, 1.82) is 0 Å². The fourth-order valence-corrected chi connectivity index (χ4v) is 5.72. The van der Waals surface area contributed by atoms with E-state index in [1.165, 1.54) is 6.42 Å². The van der Waals surface area contributed by atoms with Gasteiger partial charge < -0.3 is 0 Å². The largest absolute Gasteiger partial charge is 0.293 e. The summed E-state index contributed by atoms with van der Waals surface area (Å²) in [4.78, 5) is 2.45. The van der Waals surface area contributed by atoms with Crippen LogP contribution in [0.3, 0.4) is 0 Å². The van der Waals surface area contributed by atoms with Crippen LogP contribution in [0.2, 0.25) is 0 Å². The van der Waals surface area contributed by atoms with Gasteiger partial charge in [0.15, 0.2) is 0 Å². The topological polar surface area (TPSA) is 40.6 Å². The molecule has 4 nitrogen and oxygen atoms in total. The average molecular weight is 284 g/mol. The molecule has 3 rings (SSSR count). The lowest BCUT2D eigenvalue weighted by Gasteiger charge is -2.45. The van der Waals surface area contributed by atoms with E-state index in [-0.39, 0.29) is 10.8 Å². The fourth-order valence-electron chi connectivity index (χ4n) is 3.76. The van der Waals surface area contributed by atoms with Gasteiger partial charge in [-0.25, -0.2) is 8.42 Å². The number of hydrogen-bond donors (Lipinski definition) is 0. The molecule has 0 bridgehead atoms. The van der Waals surface area contributed by atoms with Gasteiger partial charge in [0.1, 0.15) is 0 Å². The highest BCUT2D eigenvalue weighted by Crippen LogP contribution is 2.40. The van der Waals surface area contributed by atoms with Crippen LogP contribution >= 0.6 is 0 Å². The second-order valence-corrected chi connectivity index (χ2v) is 8.46. The minimum Gasteiger partial charge on any atom is -0.293 e. The van der Waals surface area contributed by atoms with Crippen molar-refractivity contribution in [1.82, 2.24) is 9.21 Å². The predicted molar refractivity (Wildman–Crippen MR) is 76.5 cm³/mol. The van der Waals surface area contributed by atoms with E-state index in [1.807, 2.05) is 6.08 Å². The smallest absolute Gasteiger partial charge is 0.217 e. The summed E-state index contributed by atoms with van der Waals surface area (Å²) in [6, 6.07) is 0. The molecule has 2 aliphatic heterocycles. The van der Waals surface area contributed by atoms with Crippen molar-refractivity contribution >= 4 is 10.0 Å². The summed E-state index contributed by atoms with van der Waals surface area (Å²) >= 11 is 0. The van der Waals surface area contributed by atoms with E-state index < -0.39 is 10.0 Å². The summed E-state index contributed by atoms with van der Waals surface area (Å²) in [7, 11) is -3.01. The predicted octanol–water partition coefficient (Wildman–Crippen LogP) is 1.60. The average Bonchev–Trinajstić information content (AvgIpc) is 3.18. The summed E-state index contributed by atoms with van der Waals surface area (Å²) in [5, 5.41) is -0.0723. The zero-order valence-electron chi connectivity index (χ0n) is 11.6. The molecule has 1 saturated carbocycles. The van der Waals surface area contributed by atoms with Crippen LogP contribution in [0.5, 0.6) is 0 Å². The molecule has 0 N–H and O–H groups in total. The van der Waals surface area contributed by atoms with Crippen LogP contribution in [0.4, 0.5) is 0 Å². The van der Waals surface area contributed by atoms with Crippen LogP contribution in [0.15, 0.2) is 12.7 Å². The van der Waals surface area contributed by atoms with Crippen molar-refractivity contribution in [2.75, 3.05) is 26.2 Å². The van der Waals surface area contributed by atoms with Crippen molar-refractivity contribution in [3.05, 3.63) is 12.7 Å². The number of rotatable bonds is 4. The summed E-state index contributed by atoms with van der Waals surface area (Å²) in [6.07, 6.45) is 8.13. The molecule has 3 aliphatic rings. The van der Waals surface area contributed by atoms with Gasteiger partial charge in [0.05, 0.1) is 5.25 Å². The Bertz CT molecular complexity index is 458. The van der Waals surface area contributed by atoms with Gasteiger partial charge in [-0.05, 0) is 45.1 Å². The quantitative estimate of drug-likeness (QED) is 0.736. The third-order valence-electron chi connectivity index (χ3n) is 4.92. The third-order valence-corrected chi connectivity index (χ3v) is 7.26. The lowest BCUT2D eigenvalue weighted by Crippen LogP contribution is -2.57. The molecule has 1 aliphatic carbocycles. The third kappa shape index (κ3) is 2.36. The molecule has 0 aromatic heterocycles. The maximum absolute atomic E-state index is 12.4. The van der Waals surface area contributed by atoms with Gasteiger partial charge in [-0.15, -0.1) is 6.58 Å². The first-order valence-electron chi connectivity index (χ1n) is 7.43. The summed E-state index contributed by atoms with van der Waals surface area (Å²) in [5.74, 6) is 0. The van der Waals surface area contributed by atoms with E-state index in [4.69, 9.17) is 0 Å². The Morgan fingerprint density at radius 3 is 2.53 bits per heavy atom. The molecule has 5 heteroatoms. The summed E-state index contributed by atoms with van der Waals surface area (Å²) < 4.78 is 26.7. The molecule has 0 radical (unpaired) electrons. The maximum atomic E-state index is 12.4. The number of hydrogen-bond acceptors (Lipinski definition) is 3. The van der Waals surface area contributed by atoms with E-state index in [1.54, 1.807) is 4.31 Å². The van der Waals surface area contributed by atoms with Crippen LogP contribution in [0, 0.1) is 0 Å². The molecule has 19 heavy (non-hydrogen) atoms. The molecule has 0 aromatic carbocycles. The van der Waals surface area contributed by atoms with E-state index >= 15 is 0 Å². The van der Waals surface area contributed by atoms with Gasteiger partial charge in [-0.2, -0.15) is 4.31 Å². The van der Waals surface area contributed by atoms with Gasteiger partial charge in [-0.3, -0.25) is 4.90 Å². The second kappa shape index (κ2) is 4.86. The minimum atomic E-state index is -3.01. The Morgan fingerprint density at radius 2 is 1.89 bits per heavy atom. The van der Waals surface area contributed by atoms with Crippen LogP contribution in [-0.4, -0.2) is 54.6 Å². The standard InChI is InChI=1S/C14H24N2O2S/c1-2-9-15-10-3-7-14(15)8-4-11-16(12-14)19(17,18)13-5-6-13/h2,13H,1,3-12H2. The zero-order chi connectivity index (χ0) is 13.5. The Kier molecular flexibility index (Phi) is 3.48. The maximum Gasteiger partial charge on any atom is 0.217 e. The molecule has 1 atom stereocenters. The summed E-state index contributed by atoms with van der Waals surface area (Å²) in [6.45, 7) is 7.24. The van der Waals surface area contributed by atoms with Crippen molar-refractivity contribution < 1.29 is 8.42 Å². The zero-order valence-corrected chi connectivity index (χ0v) is 12.4. The SMILES string of the molecule is C=CCN1CCCC12CCCN(S(=O)(=O)C1CC1)C2. The van der Waals surface area contributed by atoms with E-state index in [0.29, 0.717) is 6.54 Å². The Hall–Kier alpha value is -0.390. The first-order chi connectivity index (χ1) is 9.08. The normalized spacial score (nSPS) is 33.9. The highest BCUT2D eigenvalue weighted by Gasteiger charge is 2.48. The van der Waals surface area contributed by atoms with Crippen molar-refractivity contribution in [2.24, 2.45) is 0 Å². The second-order valence-electron chi connectivity index (χ2n) is 6.24. The fraction of sp³-hybridized carbons (Fsp3) is 0.857. The number of likely N-dealkylation sites (tertiary alicyclic amines) is 1. The monoisotopic (exact) mass is 284 g/mol. The van der Waals surface area contributed by atoms with Crippen LogP contribution in [0.25, 0.3) is 0 Å². The lowest BCUT2D eigenvalue weighted by molar-refractivity contribution is 0.0841. The van der Waals surface area contributed by atoms with Crippen molar-refractivity contribution in [3.63, 3.8) is 0 Å². The molecule has 108 valence electrons. The van der Waals surface area contributed by atoms with Gasteiger partial charge >= 0.3 is 0 Å². The number of piperidine rings is 1. The molecule has 0 aromatic rings. The summed E-state index contributed by atoms with van der Waals surface area (Å²) in [5.41, 5.74) is 0.0917. The van der Waals surface area contributed by atoms with E-state index in [2.05, 4.69) is 11.5 Å². The molecule has 2 saturated heterocycles.